The van der Waals surface area contributed by atoms with Gasteiger partial charge in [-0.2, -0.15) is 14.9 Å². The Labute approximate surface area is 132 Å². The van der Waals surface area contributed by atoms with Gasteiger partial charge in [0.15, 0.2) is 0 Å². The molecule has 1 heterocycles. The standard InChI is InChI=1S/C16H14N4OS/c22-16-19-17-12-20(16)18-10-14-7-4-8-15(9-14)21-11-13-5-2-1-3-6-13/h1-10,12H,11H2,(H,19,22). The quantitative estimate of drug-likeness (QED) is 0.580. The summed E-state index contributed by atoms with van der Waals surface area (Å²) in [5.41, 5.74) is 2.06. The highest BCUT2D eigenvalue weighted by atomic mass is 32.1. The van der Waals surface area contributed by atoms with E-state index in [1.807, 2.05) is 54.6 Å². The van der Waals surface area contributed by atoms with Crippen molar-refractivity contribution in [3.05, 3.63) is 76.8 Å². The van der Waals surface area contributed by atoms with Crippen LogP contribution in [0.4, 0.5) is 0 Å². The first-order chi connectivity index (χ1) is 10.8. The van der Waals surface area contributed by atoms with Crippen molar-refractivity contribution in [1.29, 1.82) is 0 Å². The molecular weight excluding hydrogens is 296 g/mol. The van der Waals surface area contributed by atoms with E-state index in [1.165, 1.54) is 11.0 Å². The van der Waals surface area contributed by atoms with E-state index >= 15 is 0 Å². The lowest BCUT2D eigenvalue weighted by Gasteiger charge is -2.06. The first-order valence-corrected chi connectivity index (χ1v) is 7.15. The molecule has 3 rings (SSSR count). The van der Waals surface area contributed by atoms with Crippen LogP contribution < -0.4 is 4.74 Å². The van der Waals surface area contributed by atoms with Gasteiger partial charge in [-0.05, 0) is 35.5 Å². The van der Waals surface area contributed by atoms with Gasteiger partial charge in [-0.15, -0.1) is 0 Å². The van der Waals surface area contributed by atoms with Crippen molar-refractivity contribution in [2.24, 2.45) is 5.10 Å². The number of hydrogen-bond donors (Lipinski definition) is 1. The molecule has 0 atom stereocenters. The van der Waals surface area contributed by atoms with Gasteiger partial charge in [-0.1, -0.05) is 42.5 Å². The van der Waals surface area contributed by atoms with E-state index in [1.54, 1.807) is 6.21 Å². The van der Waals surface area contributed by atoms with E-state index in [2.05, 4.69) is 15.3 Å². The molecule has 0 spiro atoms. The Bertz CT molecular complexity index is 823. The molecule has 0 fully saturated rings. The number of rotatable bonds is 5. The van der Waals surface area contributed by atoms with E-state index in [-0.39, 0.29) is 0 Å². The van der Waals surface area contributed by atoms with Crippen LogP contribution in [-0.2, 0) is 6.61 Å². The molecule has 1 N–H and O–H groups in total. The summed E-state index contributed by atoms with van der Waals surface area (Å²) in [6.45, 7) is 0.536. The van der Waals surface area contributed by atoms with Crippen LogP contribution in [0.25, 0.3) is 0 Å². The molecule has 0 aliphatic heterocycles. The molecule has 3 aromatic rings. The van der Waals surface area contributed by atoms with E-state index in [0.29, 0.717) is 11.4 Å². The van der Waals surface area contributed by atoms with Gasteiger partial charge in [0.05, 0.1) is 6.21 Å². The predicted octanol–water partition coefficient (Wildman–Crippen LogP) is 3.40. The number of hydrogen-bond acceptors (Lipinski definition) is 4. The third-order valence-corrected chi connectivity index (χ3v) is 3.25. The second-order valence-electron chi connectivity index (χ2n) is 4.60. The van der Waals surface area contributed by atoms with Gasteiger partial charge < -0.3 is 4.74 Å². The fourth-order valence-corrected chi connectivity index (χ4v) is 2.03. The van der Waals surface area contributed by atoms with Gasteiger partial charge in [-0.25, -0.2) is 0 Å². The summed E-state index contributed by atoms with van der Waals surface area (Å²) in [6.07, 6.45) is 3.23. The predicted molar refractivity (Wildman–Crippen MR) is 87.6 cm³/mol. The van der Waals surface area contributed by atoms with Gasteiger partial charge >= 0.3 is 0 Å². The largest absolute Gasteiger partial charge is 0.489 e. The fraction of sp³-hybridized carbons (Fsp3) is 0.0625. The number of benzene rings is 2. The van der Waals surface area contributed by atoms with E-state index in [4.69, 9.17) is 17.0 Å². The van der Waals surface area contributed by atoms with Crippen LogP contribution in [0.1, 0.15) is 11.1 Å². The van der Waals surface area contributed by atoms with E-state index < -0.39 is 0 Å². The maximum absolute atomic E-state index is 5.79. The minimum atomic E-state index is 0.452. The van der Waals surface area contributed by atoms with Crippen LogP contribution in [0, 0.1) is 4.77 Å². The summed E-state index contributed by atoms with van der Waals surface area (Å²) in [6, 6.07) is 17.8. The van der Waals surface area contributed by atoms with Crippen LogP contribution in [-0.4, -0.2) is 21.1 Å². The second kappa shape index (κ2) is 6.82. The second-order valence-corrected chi connectivity index (χ2v) is 4.98. The lowest BCUT2D eigenvalue weighted by molar-refractivity contribution is 0.306. The number of nitrogens with one attached hydrogen (secondary N) is 1. The Kier molecular flexibility index (Phi) is 4.41. The van der Waals surface area contributed by atoms with Crippen LogP contribution in [0.15, 0.2) is 66.0 Å². The zero-order valence-corrected chi connectivity index (χ0v) is 12.5. The fourth-order valence-electron chi connectivity index (χ4n) is 1.88. The van der Waals surface area contributed by atoms with Crippen LogP contribution >= 0.6 is 12.2 Å². The van der Waals surface area contributed by atoms with Crippen molar-refractivity contribution in [2.75, 3.05) is 0 Å². The third-order valence-electron chi connectivity index (χ3n) is 2.97. The molecule has 0 unspecified atom stereocenters. The maximum Gasteiger partial charge on any atom is 0.216 e. The molecule has 1 aromatic heterocycles. The average molecular weight is 310 g/mol. The highest BCUT2D eigenvalue weighted by Crippen LogP contribution is 2.14. The number of ether oxygens (including phenoxy) is 1. The molecule has 0 saturated heterocycles. The number of nitrogens with zero attached hydrogens (tertiary/aromatic N) is 3. The normalized spacial score (nSPS) is 10.9. The number of aromatic nitrogens is 3. The Morgan fingerprint density at radius 2 is 2.05 bits per heavy atom. The maximum atomic E-state index is 5.79. The van der Waals surface area contributed by atoms with Gasteiger partial charge in [0.25, 0.3) is 0 Å². The molecular formula is C16H14N4OS. The minimum Gasteiger partial charge on any atom is -0.489 e. The third kappa shape index (κ3) is 3.67. The highest BCUT2D eigenvalue weighted by Gasteiger charge is 1.97. The van der Waals surface area contributed by atoms with Crippen molar-refractivity contribution in [3.63, 3.8) is 0 Å². The number of aromatic amines is 1. The molecule has 0 aliphatic rings. The topological polar surface area (TPSA) is 55.2 Å². The summed E-state index contributed by atoms with van der Waals surface area (Å²) in [5.74, 6) is 0.795. The SMILES string of the molecule is S=c1[nH]ncn1N=Cc1cccc(OCc2ccccc2)c1. The zero-order chi connectivity index (χ0) is 15.2. The minimum absolute atomic E-state index is 0.452. The van der Waals surface area contributed by atoms with Crippen molar-refractivity contribution >= 4 is 18.4 Å². The zero-order valence-electron chi connectivity index (χ0n) is 11.7. The Morgan fingerprint density at radius 1 is 1.18 bits per heavy atom. The molecule has 0 saturated carbocycles. The monoisotopic (exact) mass is 310 g/mol. The molecule has 0 bridgehead atoms. The lowest BCUT2D eigenvalue weighted by Crippen LogP contribution is -1.96. The van der Waals surface area contributed by atoms with Gasteiger partial charge in [0.1, 0.15) is 18.7 Å². The van der Waals surface area contributed by atoms with Crippen molar-refractivity contribution in [1.82, 2.24) is 14.9 Å². The molecule has 2 aromatic carbocycles. The molecule has 110 valence electrons. The van der Waals surface area contributed by atoms with Gasteiger partial charge in [0, 0.05) is 0 Å². The molecule has 6 heteroatoms. The lowest BCUT2D eigenvalue weighted by atomic mass is 10.2. The average Bonchev–Trinajstić information content (AvgIpc) is 2.98. The van der Waals surface area contributed by atoms with Crippen LogP contribution in [0.3, 0.4) is 0 Å². The Balaban J connectivity index is 1.69. The molecule has 22 heavy (non-hydrogen) atoms. The van der Waals surface area contributed by atoms with E-state index in [0.717, 1.165) is 16.9 Å². The molecule has 0 amide bonds. The smallest absolute Gasteiger partial charge is 0.216 e. The molecule has 0 radical (unpaired) electrons. The van der Waals surface area contributed by atoms with Crippen molar-refractivity contribution < 1.29 is 4.74 Å². The van der Waals surface area contributed by atoms with Crippen LogP contribution in [0.2, 0.25) is 0 Å². The first kappa shape index (κ1) is 14.2. The number of H-pyrrole nitrogens is 1. The van der Waals surface area contributed by atoms with E-state index in [9.17, 15) is 0 Å². The highest BCUT2D eigenvalue weighted by molar-refractivity contribution is 7.71. The molecule has 5 nitrogen and oxygen atoms in total. The first-order valence-electron chi connectivity index (χ1n) is 6.74. The Hall–Kier alpha value is -2.73. The Morgan fingerprint density at radius 3 is 2.82 bits per heavy atom. The van der Waals surface area contributed by atoms with Gasteiger partial charge in [-0.3, -0.25) is 5.10 Å². The van der Waals surface area contributed by atoms with Crippen molar-refractivity contribution in [2.45, 2.75) is 6.61 Å². The summed E-state index contributed by atoms with van der Waals surface area (Å²) in [7, 11) is 0. The summed E-state index contributed by atoms with van der Waals surface area (Å²) >= 11 is 5.03. The van der Waals surface area contributed by atoms with Gasteiger partial charge in [0.2, 0.25) is 4.77 Å². The van der Waals surface area contributed by atoms with Crippen LogP contribution in [0.5, 0.6) is 5.75 Å². The molecule has 0 aliphatic carbocycles. The summed E-state index contributed by atoms with van der Waals surface area (Å²) in [4.78, 5) is 0. The summed E-state index contributed by atoms with van der Waals surface area (Å²) < 4.78 is 7.73. The van der Waals surface area contributed by atoms with Crippen molar-refractivity contribution in [3.8, 4) is 5.75 Å². The summed E-state index contributed by atoms with van der Waals surface area (Å²) in [5, 5.41) is 10.7.